The highest BCUT2D eigenvalue weighted by Gasteiger charge is 2.16. The Bertz CT molecular complexity index is 633. The zero-order valence-corrected chi connectivity index (χ0v) is 13.1. The second-order valence-corrected chi connectivity index (χ2v) is 5.76. The van der Waals surface area contributed by atoms with Crippen LogP contribution in [0.4, 0.5) is 5.69 Å². The molecule has 0 saturated heterocycles. The fourth-order valence-corrected chi connectivity index (χ4v) is 2.73. The Morgan fingerprint density at radius 1 is 1.10 bits per heavy atom. The van der Waals surface area contributed by atoms with Crippen molar-refractivity contribution in [3.05, 3.63) is 52.5 Å². The minimum Gasteiger partial charge on any atom is -0.486 e. The Morgan fingerprint density at radius 2 is 1.90 bits per heavy atom. The second-order valence-electron chi connectivity index (χ2n) is 4.85. The summed E-state index contributed by atoms with van der Waals surface area (Å²) in [5.74, 6) is 1.58. The third-order valence-electron chi connectivity index (χ3n) is 3.37. The van der Waals surface area contributed by atoms with Gasteiger partial charge in [0, 0.05) is 16.7 Å². The van der Waals surface area contributed by atoms with Gasteiger partial charge in [-0.05, 0) is 35.9 Å². The molecular weight excluding hydrogens is 332 g/mol. The summed E-state index contributed by atoms with van der Waals surface area (Å²) in [4.78, 5) is 0. The van der Waals surface area contributed by atoms with E-state index in [1.807, 2.05) is 42.5 Å². The van der Waals surface area contributed by atoms with E-state index in [1.165, 1.54) is 0 Å². The minimum absolute atomic E-state index is 0.0233. The molecule has 2 aromatic rings. The number of halogens is 1. The van der Waals surface area contributed by atoms with Gasteiger partial charge in [0.15, 0.2) is 11.5 Å². The summed E-state index contributed by atoms with van der Waals surface area (Å²) in [6, 6.07) is 14.0. The maximum atomic E-state index is 5.92. The molecule has 5 heteroatoms. The van der Waals surface area contributed by atoms with Crippen molar-refractivity contribution < 1.29 is 9.47 Å². The van der Waals surface area contributed by atoms with E-state index in [9.17, 15) is 0 Å². The summed E-state index contributed by atoms with van der Waals surface area (Å²) in [6.45, 7) is 1.68. The first-order valence-corrected chi connectivity index (χ1v) is 7.67. The van der Waals surface area contributed by atoms with Gasteiger partial charge in [0.2, 0.25) is 0 Å². The van der Waals surface area contributed by atoms with Crippen LogP contribution in [-0.4, -0.2) is 19.8 Å². The van der Waals surface area contributed by atoms with Crippen LogP contribution in [0.1, 0.15) is 11.6 Å². The van der Waals surface area contributed by atoms with Crippen molar-refractivity contribution in [3.8, 4) is 11.5 Å². The lowest BCUT2D eigenvalue weighted by atomic mass is 10.1. The number of nitrogens with one attached hydrogen (secondary N) is 1. The molecular formula is C16H17BrN2O2. The van der Waals surface area contributed by atoms with Crippen LogP contribution in [0, 0.1) is 0 Å². The Balaban J connectivity index is 1.82. The minimum atomic E-state index is 0.0233. The van der Waals surface area contributed by atoms with Gasteiger partial charge in [-0.25, -0.2) is 0 Å². The lowest BCUT2D eigenvalue weighted by molar-refractivity contribution is 0.171. The number of anilines is 1. The zero-order chi connectivity index (χ0) is 14.7. The molecule has 110 valence electrons. The third kappa shape index (κ3) is 3.31. The van der Waals surface area contributed by atoms with Crippen molar-refractivity contribution in [2.24, 2.45) is 5.73 Å². The van der Waals surface area contributed by atoms with E-state index in [1.54, 1.807) is 0 Å². The SMILES string of the molecule is NCC(Nc1cccc(Br)c1)c1ccc2c(c1)OCCO2. The molecule has 0 spiro atoms. The highest BCUT2D eigenvalue weighted by atomic mass is 79.9. The first kappa shape index (κ1) is 14.2. The Kier molecular flexibility index (Phi) is 4.31. The van der Waals surface area contributed by atoms with Gasteiger partial charge in [0.05, 0.1) is 6.04 Å². The van der Waals surface area contributed by atoms with E-state index in [0.29, 0.717) is 19.8 Å². The normalized spacial score (nSPS) is 14.6. The van der Waals surface area contributed by atoms with Crippen molar-refractivity contribution in [3.63, 3.8) is 0 Å². The lowest BCUT2D eigenvalue weighted by Crippen LogP contribution is -2.21. The van der Waals surface area contributed by atoms with Crippen LogP contribution in [0.3, 0.4) is 0 Å². The van der Waals surface area contributed by atoms with Crippen LogP contribution in [0.5, 0.6) is 11.5 Å². The molecule has 1 aliphatic heterocycles. The fourth-order valence-electron chi connectivity index (χ4n) is 2.33. The highest BCUT2D eigenvalue weighted by molar-refractivity contribution is 9.10. The van der Waals surface area contributed by atoms with Gasteiger partial charge in [0.25, 0.3) is 0 Å². The van der Waals surface area contributed by atoms with E-state index < -0.39 is 0 Å². The van der Waals surface area contributed by atoms with Crippen LogP contribution in [0.25, 0.3) is 0 Å². The molecule has 0 radical (unpaired) electrons. The average Bonchev–Trinajstić information content (AvgIpc) is 2.52. The van der Waals surface area contributed by atoms with E-state index >= 15 is 0 Å². The maximum Gasteiger partial charge on any atom is 0.161 e. The zero-order valence-electron chi connectivity index (χ0n) is 11.5. The Morgan fingerprint density at radius 3 is 2.67 bits per heavy atom. The van der Waals surface area contributed by atoms with Crippen molar-refractivity contribution in [2.75, 3.05) is 25.1 Å². The number of benzene rings is 2. The number of hydrogen-bond donors (Lipinski definition) is 2. The quantitative estimate of drug-likeness (QED) is 0.889. The molecule has 1 heterocycles. The van der Waals surface area contributed by atoms with Crippen LogP contribution in [0.2, 0.25) is 0 Å². The average molecular weight is 349 g/mol. The van der Waals surface area contributed by atoms with Crippen LogP contribution in [-0.2, 0) is 0 Å². The van der Waals surface area contributed by atoms with Gasteiger partial charge >= 0.3 is 0 Å². The van der Waals surface area contributed by atoms with Gasteiger partial charge in [0.1, 0.15) is 13.2 Å². The lowest BCUT2D eigenvalue weighted by Gasteiger charge is -2.23. The van der Waals surface area contributed by atoms with Gasteiger partial charge in [-0.2, -0.15) is 0 Å². The van der Waals surface area contributed by atoms with Gasteiger partial charge in [-0.15, -0.1) is 0 Å². The summed E-state index contributed by atoms with van der Waals surface area (Å²) in [5, 5.41) is 3.44. The fraction of sp³-hybridized carbons (Fsp3) is 0.250. The number of nitrogens with two attached hydrogens (primary N) is 1. The maximum absolute atomic E-state index is 5.92. The van der Waals surface area contributed by atoms with Gasteiger partial charge in [-0.3, -0.25) is 0 Å². The number of fused-ring (bicyclic) bond motifs is 1. The molecule has 0 amide bonds. The molecule has 1 aliphatic rings. The molecule has 4 nitrogen and oxygen atoms in total. The monoisotopic (exact) mass is 348 g/mol. The van der Waals surface area contributed by atoms with Crippen LogP contribution >= 0.6 is 15.9 Å². The van der Waals surface area contributed by atoms with Crippen LogP contribution < -0.4 is 20.5 Å². The molecule has 3 N–H and O–H groups in total. The molecule has 0 aromatic heterocycles. The highest BCUT2D eigenvalue weighted by Crippen LogP contribution is 2.33. The molecule has 3 rings (SSSR count). The summed E-state index contributed by atoms with van der Waals surface area (Å²) >= 11 is 3.47. The molecule has 2 aromatic carbocycles. The van der Waals surface area contributed by atoms with E-state index in [4.69, 9.17) is 15.2 Å². The predicted molar refractivity (Wildman–Crippen MR) is 87.0 cm³/mol. The van der Waals surface area contributed by atoms with Crippen molar-refractivity contribution in [1.29, 1.82) is 0 Å². The summed E-state index contributed by atoms with van der Waals surface area (Å²) in [6.07, 6.45) is 0. The molecule has 0 bridgehead atoms. The van der Waals surface area contributed by atoms with Gasteiger partial charge < -0.3 is 20.5 Å². The molecule has 0 aliphatic carbocycles. The van der Waals surface area contributed by atoms with E-state index in [-0.39, 0.29) is 6.04 Å². The molecule has 1 atom stereocenters. The van der Waals surface area contributed by atoms with Crippen molar-refractivity contribution in [2.45, 2.75) is 6.04 Å². The van der Waals surface area contributed by atoms with Crippen LogP contribution in [0.15, 0.2) is 46.9 Å². The largest absolute Gasteiger partial charge is 0.486 e. The summed E-state index contributed by atoms with van der Waals surface area (Å²) in [7, 11) is 0. The molecule has 0 fully saturated rings. The first-order chi connectivity index (χ1) is 10.3. The third-order valence-corrected chi connectivity index (χ3v) is 3.86. The standard InChI is InChI=1S/C16H17BrN2O2/c17-12-2-1-3-13(9-12)19-14(10-18)11-4-5-15-16(8-11)21-7-6-20-15/h1-5,8-9,14,19H,6-7,10,18H2. The second kappa shape index (κ2) is 6.37. The topological polar surface area (TPSA) is 56.5 Å². The van der Waals surface area contributed by atoms with Crippen molar-refractivity contribution >= 4 is 21.6 Å². The number of hydrogen-bond acceptors (Lipinski definition) is 4. The van der Waals surface area contributed by atoms with E-state index in [2.05, 4.69) is 21.2 Å². The Hall–Kier alpha value is -1.72. The molecule has 21 heavy (non-hydrogen) atoms. The predicted octanol–water partition coefficient (Wildman–Crippen LogP) is 3.33. The smallest absolute Gasteiger partial charge is 0.161 e. The van der Waals surface area contributed by atoms with Gasteiger partial charge in [-0.1, -0.05) is 28.1 Å². The molecule has 0 saturated carbocycles. The summed E-state index contributed by atoms with van der Waals surface area (Å²) in [5.41, 5.74) is 8.03. The summed E-state index contributed by atoms with van der Waals surface area (Å²) < 4.78 is 12.2. The Labute approximate surface area is 132 Å². The first-order valence-electron chi connectivity index (χ1n) is 6.88. The number of ether oxygens (including phenoxy) is 2. The molecule has 1 unspecified atom stereocenters. The number of rotatable bonds is 4. The van der Waals surface area contributed by atoms with Crippen molar-refractivity contribution in [1.82, 2.24) is 0 Å². The van der Waals surface area contributed by atoms with E-state index in [0.717, 1.165) is 27.2 Å².